The van der Waals surface area contributed by atoms with Crippen LogP contribution < -0.4 is 9.62 Å². The van der Waals surface area contributed by atoms with Gasteiger partial charge in [-0.2, -0.15) is 0 Å². The van der Waals surface area contributed by atoms with Gasteiger partial charge < -0.3 is 10.2 Å². The third kappa shape index (κ3) is 9.17. The van der Waals surface area contributed by atoms with E-state index < -0.39 is 44.9 Å². The third-order valence-corrected chi connectivity index (χ3v) is 7.86. The molecule has 0 aromatic heterocycles. The van der Waals surface area contributed by atoms with Crippen LogP contribution >= 0.6 is 23.2 Å². The van der Waals surface area contributed by atoms with E-state index in [9.17, 15) is 28.1 Å². The normalized spacial score (nSPS) is 12.3. The highest BCUT2D eigenvalue weighted by atomic mass is 35.5. The summed E-state index contributed by atoms with van der Waals surface area (Å²) in [6.07, 6.45) is 1.02. The number of carbonyl (C=O) groups is 2. The minimum atomic E-state index is -4.09. The second-order valence-electron chi connectivity index (χ2n) is 10.7. The van der Waals surface area contributed by atoms with Crippen LogP contribution in [-0.4, -0.2) is 54.4 Å². The molecule has 0 saturated carbocycles. The standard InChI is InChI=1S/C29H32Cl2N4O6S/c1-29(2,3)32-28(37)26(15-20-9-6-5-7-10-20)33(18-21-13-14-22(30)16-25(21)31)27(36)19-34(42(4,40)41)23-11-8-12-24(17-23)35(38)39/h5-14,16-17,26H,15,18-19H2,1-4H3,(H,32,37)/t26-/m1/s1. The molecule has 0 saturated heterocycles. The molecule has 0 spiro atoms. The minimum absolute atomic E-state index is 0.0664. The van der Waals surface area contributed by atoms with Gasteiger partial charge in [-0.25, -0.2) is 8.42 Å². The molecule has 3 rings (SSSR count). The molecule has 0 heterocycles. The van der Waals surface area contributed by atoms with Gasteiger partial charge in [-0.15, -0.1) is 0 Å². The zero-order valence-electron chi connectivity index (χ0n) is 23.6. The van der Waals surface area contributed by atoms with E-state index in [1.807, 2.05) is 30.3 Å². The highest BCUT2D eigenvalue weighted by Crippen LogP contribution is 2.27. The van der Waals surface area contributed by atoms with E-state index in [0.29, 0.717) is 10.6 Å². The maximum Gasteiger partial charge on any atom is 0.271 e. The van der Waals surface area contributed by atoms with Crippen LogP contribution in [-0.2, 0) is 32.6 Å². The molecule has 1 N–H and O–H groups in total. The largest absolute Gasteiger partial charge is 0.350 e. The van der Waals surface area contributed by atoms with Crippen molar-refractivity contribution in [2.24, 2.45) is 0 Å². The Morgan fingerprint density at radius 1 is 1.00 bits per heavy atom. The van der Waals surface area contributed by atoms with Crippen molar-refractivity contribution in [3.8, 4) is 0 Å². The lowest BCUT2D eigenvalue weighted by molar-refractivity contribution is -0.384. The Kier molecular flexibility index (Phi) is 10.6. The lowest BCUT2D eigenvalue weighted by atomic mass is 10.0. The molecule has 0 radical (unpaired) electrons. The van der Waals surface area contributed by atoms with Crippen molar-refractivity contribution < 1.29 is 22.9 Å². The van der Waals surface area contributed by atoms with Crippen molar-refractivity contribution >= 4 is 56.4 Å². The van der Waals surface area contributed by atoms with E-state index in [2.05, 4.69) is 5.32 Å². The molecular formula is C29H32Cl2N4O6S. The first kappa shape index (κ1) is 32.8. The maximum atomic E-state index is 14.1. The van der Waals surface area contributed by atoms with E-state index >= 15 is 0 Å². The van der Waals surface area contributed by atoms with Crippen molar-refractivity contribution in [1.82, 2.24) is 10.2 Å². The van der Waals surface area contributed by atoms with E-state index in [4.69, 9.17) is 23.2 Å². The zero-order valence-corrected chi connectivity index (χ0v) is 25.9. The Bertz CT molecular complexity index is 1560. The van der Waals surface area contributed by atoms with Crippen molar-refractivity contribution in [2.75, 3.05) is 17.1 Å². The number of nitrogens with one attached hydrogen (secondary N) is 1. The Hall–Kier alpha value is -3.67. The van der Waals surface area contributed by atoms with Gasteiger partial charge in [0.15, 0.2) is 0 Å². The van der Waals surface area contributed by atoms with Gasteiger partial charge in [-0.05, 0) is 50.1 Å². The maximum absolute atomic E-state index is 14.1. The quantitative estimate of drug-likeness (QED) is 0.227. The van der Waals surface area contributed by atoms with Crippen LogP contribution in [0.2, 0.25) is 10.0 Å². The van der Waals surface area contributed by atoms with Gasteiger partial charge in [0.2, 0.25) is 21.8 Å². The van der Waals surface area contributed by atoms with Gasteiger partial charge in [-0.1, -0.05) is 65.7 Å². The molecule has 0 aliphatic heterocycles. The number of anilines is 1. The fourth-order valence-corrected chi connectivity index (χ4v) is 5.53. The number of halogens is 2. The van der Waals surface area contributed by atoms with Crippen LogP contribution in [0.1, 0.15) is 31.9 Å². The lowest BCUT2D eigenvalue weighted by Gasteiger charge is -2.35. The number of sulfonamides is 1. The Balaban J connectivity index is 2.12. The summed E-state index contributed by atoms with van der Waals surface area (Å²) in [5, 5.41) is 14.9. The molecule has 0 aliphatic rings. The fraction of sp³-hybridized carbons (Fsp3) is 0.310. The second kappa shape index (κ2) is 13.5. The highest BCUT2D eigenvalue weighted by molar-refractivity contribution is 7.92. The number of carbonyl (C=O) groups excluding carboxylic acids is 2. The molecule has 13 heteroatoms. The van der Waals surface area contributed by atoms with Crippen LogP contribution in [0.5, 0.6) is 0 Å². The second-order valence-corrected chi connectivity index (χ2v) is 13.5. The number of rotatable bonds is 11. The first-order valence-electron chi connectivity index (χ1n) is 12.9. The smallest absolute Gasteiger partial charge is 0.271 e. The van der Waals surface area contributed by atoms with Crippen molar-refractivity contribution in [2.45, 2.75) is 45.3 Å². The average Bonchev–Trinajstić information content (AvgIpc) is 2.89. The Labute approximate surface area is 255 Å². The summed E-state index contributed by atoms with van der Waals surface area (Å²) in [4.78, 5) is 39.8. The molecule has 1 atom stereocenters. The van der Waals surface area contributed by atoms with Crippen LogP contribution in [0.4, 0.5) is 11.4 Å². The predicted octanol–water partition coefficient (Wildman–Crippen LogP) is 5.22. The number of nitrogens with zero attached hydrogens (tertiary/aromatic N) is 3. The highest BCUT2D eigenvalue weighted by Gasteiger charge is 2.35. The van der Waals surface area contributed by atoms with Crippen LogP contribution in [0.25, 0.3) is 0 Å². The number of benzene rings is 3. The van der Waals surface area contributed by atoms with Gasteiger partial charge in [0.1, 0.15) is 12.6 Å². The summed E-state index contributed by atoms with van der Waals surface area (Å²) < 4.78 is 26.5. The first-order chi connectivity index (χ1) is 19.5. The molecular weight excluding hydrogens is 603 g/mol. The monoisotopic (exact) mass is 634 g/mol. The first-order valence-corrected chi connectivity index (χ1v) is 15.5. The Morgan fingerprint density at radius 3 is 2.24 bits per heavy atom. The number of nitro groups is 1. The van der Waals surface area contributed by atoms with Gasteiger partial charge in [0.05, 0.1) is 16.9 Å². The molecule has 3 aromatic rings. The van der Waals surface area contributed by atoms with Crippen LogP contribution in [0.3, 0.4) is 0 Å². The van der Waals surface area contributed by atoms with Crippen molar-refractivity contribution in [3.63, 3.8) is 0 Å². The van der Waals surface area contributed by atoms with Crippen LogP contribution in [0, 0.1) is 10.1 Å². The summed E-state index contributed by atoms with van der Waals surface area (Å²) in [5.41, 5.74) is 0.205. The summed E-state index contributed by atoms with van der Waals surface area (Å²) >= 11 is 12.5. The lowest BCUT2D eigenvalue weighted by Crippen LogP contribution is -2.56. The van der Waals surface area contributed by atoms with Gasteiger partial charge in [0.25, 0.3) is 5.69 Å². The molecule has 0 bridgehead atoms. The van der Waals surface area contributed by atoms with E-state index in [-0.39, 0.29) is 29.4 Å². The van der Waals surface area contributed by atoms with Gasteiger partial charge >= 0.3 is 0 Å². The molecule has 2 amide bonds. The fourth-order valence-electron chi connectivity index (χ4n) is 4.22. The molecule has 3 aromatic carbocycles. The summed E-state index contributed by atoms with van der Waals surface area (Å²) in [7, 11) is -4.09. The van der Waals surface area contributed by atoms with Gasteiger partial charge in [0, 0.05) is 40.7 Å². The molecule has 0 unspecified atom stereocenters. The number of non-ortho nitro benzene ring substituents is 1. The van der Waals surface area contributed by atoms with Gasteiger partial charge in [-0.3, -0.25) is 24.0 Å². The minimum Gasteiger partial charge on any atom is -0.350 e. The van der Waals surface area contributed by atoms with E-state index in [0.717, 1.165) is 22.2 Å². The van der Waals surface area contributed by atoms with Crippen molar-refractivity contribution in [1.29, 1.82) is 0 Å². The summed E-state index contributed by atoms with van der Waals surface area (Å²) in [6.45, 7) is 4.55. The summed E-state index contributed by atoms with van der Waals surface area (Å²) in [5.74, 6) is -1.17. The number of hydrogen-bond acceptors (Lipinski definition) is 6. The number of nitro benzene ring substituents is 1. The zero-order chi connectivity index (χ0) is 31.2. The van der Waals surface area contributed by atoms with E-state index in [1.165, 1.54) is 29.2 Å². The molecule has 42 heavy (non-hydrogen) atoms. The molecule has 0 aliphatic carbocycles. The van der Waals surface area contributed by atoms with E-state index in [1.54, 1.807) is 32.9 Å². The Morgan fingerprint density at radius 2 is 1.67 bits per heavy atom. The predicted molar refractivity (Wildman–Crippen MR) is 164 cm³/mol. The summed E-state index contributed by atoms with van der Waals surface area (Å²) in [6, 6.07) is 17.7. The van der Waals surface area contributed by atoms with Crippen molar-refractivity contribution in [3.05, 3.63) is 104 Å². The molecule has 10 nitrogen and oxygen atoms in total. The topological polar surface area (TPSA) is 130 Å². The molecule has 0 fully saturated rings. The third-order valence-electron chi connectivity index (χ3n) is 6.13. The molecule has 224 valence electrons. The SMILES string of the molecule is CC(C)(C)NC(=O)[C@@H](Cc1ccccc1)N(Cc1ccc(Cl)cc1Cl)C(=O)CN(c1cccc([N+](=O)[O-])c1)S(C)(=O)=O. The number of hydrogen-bond donors (Lipinski definition) is 1. The average molecular weight is 636 g/mol. The van der Waals surface area contributed by atoms with Crippen LogP contribution in [0.15, 0.2) is 72.8 Å². The number of amides is 2.